The van der Waals surface area contributed by atoms with E-state index in [1.807, 2.05) is 35.8 Å². The van der Waals surface area contributed by atoms with Crippen LogP contribution in [0, 0.1) is 17.2 Å². The van der Waals surface area contributed by atoms with Crippen LogP contribution in [0.15, 0.2) is 36.7 Å². The van der Waals surface area contributed by atoms with Crippen LogP contribution in [0.4, 0.5) is 0 Å². The van der Waals surface area contributed by atoms with Gasteiger partial charge in [-0.3, -0.25) is 4.98 Å². The molecule has 1 aliphatic heterocycles. The largest absolute Gasteiger partial charge is 0.454 e. The van der Waals surface area contributed by atoms with Crippen LogP contribution in [-0.2, 0) is 6.54 Å². The summed E-state index contributed by atoms with van der Waals surface area (Å²) < 4.78 is 12.9. The molecule has 4 rings (SSSR count). The Morgan fingerprint density at radius 3 is 2.91 bits per heavy atom. The quantitative estimate of drug-likeness (QED) is 0.743. The summed E-state index contributed by atoms with van der Waals surface area (Å²) in [7, 11) is 0. The summed E-state index contributed by atoms with van der Waals surface area (Å²) in [5.74, 6) is 2.07. The van der Waals surface area contributed by atoms with Crippen molar-refractivity contribution in [2.75, 3.05) is 6.79 Å². The first-order valence-electron chi connectivity index (χ1n) is 7.36. The fourth-order valence-electron chi connectivity index (χ4n) is 2.73. The minimum atomic E-state index is -0.131. The molecule has 0 aliphatic carbocycles. The number of hydrogen-bond acceptors (Lipinski definition) is 5. The SMILES string of the molecule is CC(C#N)Cn1c(-c2cccnc2)nc2cc3c(cc21)OCO3. The maximum atomic E-state index is 9.18. The van der Waals surface area contributed by atoms with Crippen LogP contribution in [0.2, 0.25) is 0 Å². The molecule has 0 saturated heterocycles. The van der Waals surface area contributed by atoms with Crippen molar-refractivity contribution in [3.63, 3.8) is 0 Å². The van der Waals surface area contributed by atoms with Crippen LogP contribution in [0.3, 0.4) is 0 Å². The number of nitriles is 1. The molecule has 0 amide bonds. The van der Waals surface area contributed by atoms with E-state index in [0.717, 1.165) is 22.4 Å². The highest BCUT2D eigenvalue weighted by atomic mass is 16.7. The number of imidazole rings is 1. The number of benzene rings is 1. The molecule has 1 atom stereocenters. The van der Waals surface area contributed by atoms with Crippen LogP contribution in [-0.4, -0.2) is 21.3 Å². The zero-order valence-electron chi connectivity index (χ0n) is 12.6. The Bertz CT molecular complexity index is 912. The topological polar surface area (TPSA) is 73.0 Å². The molecule has 1 aromatic carbocycles. The molecule has 0 spiro atoms. The smallest absolute Gasteiger partial charge is 0.231 e. The molecule has 23 heavy (non-hydrogen) atoms. The Balaban J connectivity index is 1.94. The standard InChI is InChI=1S/C17H14N4O2/c1-11(7-18)9-21-14-6-16-15(22-10-23-16)5-13(14)20-17(21)12-3-2-4-19-8-12/h2-6,8,11H,9-10H2,1H3. The van der Waals surface area contributed by atoms with Crippen LogP contribution < -0.4 is 9.47 Å². The summed E-state index contributed by atoms with van der Waals surface area (Å²) >= 11 is 0. The van der Waals surface area contributed by atoms with Crippen molar-refractivity contribution in [1.29, 1.82) is 5.26 Å². The van der Waals surface area contributed by atoms with Gasteiger partial charge in [0, 0.05) is 36.6 Å². The predicted molar refractivity (Wildman–Crippen MR) is 83.9 cm³/mol. The van der Waals surface area contributed by atoms with Gasteiger partial charge in [-0.2, -0.15) is 5.26 Å². The second kappa shape index (κ2) is 5.29. The van der Waals surface area contributed by atoms with E-state index in [-0.39, 0.29) is 12.7 Å². The van der Waals surface area contributed by atoms with E-state index in [0.29, 0.717) is 18.0 Å². The van der Waals surface area contributed by atoms with E-state index in [4.69, 9.17) is 14.5 Å². The Morgan fingerprint density at radius 1 is 1.35 bits per heavy atom. The molecule has 0 fully saturated rings. The number of ether oxygens (including phenoxy) is 2. The fraction of sp³-hybridized carbons (Fsp3) is 0.235. The van der Waals surface area contributed by atoms with Crippen LogP contribution >= 0.6 is 0 Å². The number of fused-ring (bicyclic) bond motifs is 2. The molecular weight excluding hydrogens is 292 g/mol. The highest BCUT2D eigenvalue weighted by molar-refractivity contribution is 5.84. The summed E-state index contributed by atoms with van der Waals surface area (Å²) in [6.45, 7) is 2.68. The minimum Gasteiger partial charge on any atom is -0.454 e. The molecule has 6 heteroatoms. The third kappa shape index (κ3) is 2.27. The Labute approximate surface area is 132 Å². The third-order valence-electron chi connectivity index (χ3n) is 3.84. The van der Waals surface area contributed by atoms with Crippen LogP contribution in [0.25, 0.3) is 22.4 Å². The van der Waals surface area contributed by atoms with E-state index in [9.17, 15) is 5.26 Å². The van der Waals surface area contributed by atoms with Gasteiger partial charge in [-0.1, -0.05) is 0 Å². The van der Waals surface area contributed by atoms with Gasteiger partial charge in [0.25, 0.3) is 0 Å². The molecule has 114 valence electrons. The van der Waals surface area contributed by atoms with Crippen molar-refractivity contribution >= 4 is 11.0 Å². The minimum absolute atomic E-state index is 0.131. The maximum absolute atomic E-state index is 9.18. The molecule has 3 aromatic rings. The van der Waals surface area contributed by atoms with E-state index >= 15 is 0 Å². The fourth-order valence-corrected chi connectivity index (χ4v) is 2.73. The van der Waals surface area contributed by atoms with Crippen molar-refractivity contribution in [3.8, 4) is 29.0 Å². The zero-order valence-corrected chi connectivity index (χ0v) is 12.6. The Hall–Kier alpha value is -3.07. The van der Waals surface area contributed by atoms with E-state index in [2.05, 4.69) is 11.1 Å². The normalized spacial score (nSPS) is 13.9. The van der Waals surface area contributed by atoms with E-state index < -0.39 is 0 Å². The Kier molecular flexibility index (Phi) is 3.12. The summed E-state index contributed by atoms with van der Waals surface area (Å²) in [5.41, 5.74) is 2.66. The van der Waals surface area contributed by atoms with Gasteiger partial charge in [0.1, 0.15) is 5.82 Å². The molecule has 3 heterocycles. The monoisotopic (exact) mass is 306 g/mol. The average Bonchev–Trinajstić information content (AvgIpc) is 3.18. The van der Waals surface area contributed by atoms with Gasteiger partial charge in [0.05, 0.1) is 23.0 Å². The summed E-state index contributed by atoms with van der Waals surface area (Å²) in [6, 6.07) is 9.92. The van der Waals surface area contributed by atoms with Crippen molar-refractivity contribution in [1.82, 2.24) is 14.5 Å². The van der Waals surface area contributed by atoms with Crippen LogP contribution in [0.5, 0.6) is 11.5 Å². The highest BCUT2D eigenvalue weighted by Gasteiger charge is 2.20. The van der Waals surface area contributed by atoms with E-state index in [1.165, 1.54) is 0 Å². The van der Waals surface area contributed by atoms with Crippen molar-refractivity contribution in [2.45, 2.75) is 13.5 Å². The lowest BCUT2D eigenvalue weighted by molar-refractivity contribution is 0.174. The van der Waals surface area contributed by atoms with Crippen LogP contribution in [0.1, 0.15) is 6.92 Å². The lowest BCUT2D eigenvalue weighted by Gasteiger charge is -2.10. The molecule has 6 nitrogen and oxygen atoms in total. The number of rotatable bonds is 3. The van der Waals surface area contributed by atoms with Gasteiger partial charge in [0.15, 0.2) is 11.5 Å². The lowest BCUT2D eigenvalue weighted by atomic mass is 10.2. The van der Waals surface area contributed by atoms with Gasteiger partial charge >= 0.3 is 0 Å². The van der Waals surface area contributed by atoms with Gasteiger partial charge in [-0.25, -0.2) is 4.98 Å². The number of hydrogen-bond donors (Lipinski definition) is 0. The third-order valence-corrected chi connectivity index (χ3v) is 3.84. The van der Waals surface area contributed by atoms with Crippen molar-refractivity contribution in [2.24, 2.45) is 5.92 Å². The van der Waals surface area contributed by atoms with Gasteiger partial charge in [-0.15, -0.1) is 0 Å². The lowest BCUT2D eigenvalue weighted by Crippen LogP contribution is -2.07. The Morgan fingerprint density at radius 2 is 2.17 bits per heavy atom. The predicted octanol–water partition coefficient (Wildman–Crippen LogP) is 2.99. The number of pyridine rings is 1. The zero-order chi connectivity index (χ0) is 15.8. The number of aromatic nitrogens is 3. The second-order valence-electron chi connectivity index (χ2n) is 5.51. The van der Waals surface area contributed by atoms with Gasteiger partial charge < -0.3 is 14.0 Å². The first kappa shape index (κ1) is 13.6. The molecule has 0 radical (unpaired) electrons. The van der Waals surface area contributed by atoms with Gasteiger partial charge in [0.2, 0.25) is 6.79 Å². The highest BCUT2D eigenvalue weighted by Crippen LogP contribution is 2.37. The van der Waals surface area contributed by atoms with E-state index in [1.54, 1.807) is 12.4 Å². The molecule has 0 saturated carbocycles. The summed E-state index contributed by atoms with van der Waals surface area (Å²) in [6.07, 6.45) is 3.50. The summed E-state index contributed by atoms with van der Waals surface area (Å²) in [5, 5.41) is 9.18. The molecule has 2 aromatic heterocycles. The van der Waals surface area contributed by atoms with Crippen molar-refractivity contribution < 1.29 is 9.47 Å². The average molecular weight is 306 g/mol. The van der Waals surface area contributed by atoms with Crippen molar-refractivity contribution in [3.05, 3.63) is 36.7 Å². The maximum Gasteiger partial charge on any atom is 0.231 e. The molecule has 0 bridgehead atoms. The molecule has 1 unspecified atom stereocenters. The van der Waals surface area contributed by atoms with Gasteiger partial charge in [-0.05, 0) is 19.1 Å². The summed E-state index contributed by atoms with van der Waals surface area (Å²) in [4.78, 5) is 8.89. The molecule has 1 aliphatic rings. The molecule has 0 N–H and O–H groups in total. The number of nitrogens with zero attached hydrogens (tertiary/aromatic N) is 4. The first-order valence-corrected chi connectivity index (χ1v) is 7.36. The second-order valence-corrected chi connectivity index (χ2v) is 5.51. The first-order chi connectivity index (χ1) is 11.3. The molecular formula is C17H14N4O2.